The number of pyridine rings is 3. The summed E-state index contributed by atoms with van der Waals surface area (Å²) in [6.07, 6.45) is 15.4. The summed E-state index contributed by atoms with van der Waals surface area (Å²) in [5, 5.41) is 9.84. The van der Waals surface area contributed by atoms with Gasteiger partial charge in [0.2, 0.25) is 5.91 Å². The van der Waals surface area contributed by atoms with Crippen molar-refractivity contribution in [3.8, 4) is 33.9 Å². The Morgan fingerprint density at radius 1 is 1.00 bits per heavy atom. The van der Waals surface area contributed by atoms with Gasteiger partial charge in [0.15, 0.2) is 15.7 Å². The number of halogens is 1. The van der Waals surface area contributed by atoms with E-state index in [1.807, 2.05) is 12.1 Å². The van der Waals surface area contributed by atoms with Crippen molar-refractivity contribution in [2.75, 3.05) is 11.6 Å². The molecule has 1 aromatic carbocycles. The van der Waals surface area contributed by atoms with Gasteiger partial charge in [-0.1, -0.05) is 19.3 Å². The van der Waals surface area contributed by atoms with Crippen LogP contribution >= 0.6 is 0 Å². The van der Waals surface area contributed by atoms with Crippen molar-refractivity contribution < 1.29 is 17.6 Å². The first kappa shape index (κ1) is 30.6. The summed E-state index contributed by atoms with van der Waals surface area (Å²) in [7, 11) is -3.66. The molecule has 240 valence electrons. The van der Waals surface area contributed by atoms with Gasteiger partial charge >= 0.3 is 0 Å². The van der Waals surface area contributed by atoms with Crippen LogP contribution in [0.3, 0.4) is 0 Å². The van der Waals surface area contributed by atoms with Crippen LogP contribution in [-0.4, -0.2) is 55.7 Å². The van der Waals surface area contributed by atoms with Crippen molar-refractivity contribution in [1.29, 1.82) is 0 Å². The Morgan fingerprint density at radius 3 is 2.62 bits per heavy atom. The van der Waals surface area contributed by atoms with Crippen molar-refractivity contribution in [1.82, 2.24) is 35.1 Å². The van der Waals surface area contributed by atoms with E-state index in [1.165, 1.54) is 37.6 Å². The molecular weight excluding hydrogens is 621 g/mol. The van der Waals surface area contributed by atoms with Gasteiger partial charge in [0.25, 0.3) is 0 Å². The summed E-state index contributed by atoms with van der Waals surface area (Å²) in [5.74, 6) is 0.218. The average molecular weight is 654 g/mol. The minimum atomic E-state index is -3.66. The molecule has 7 rings (SSSR count). The number of nitrogens with zero attached hydrogens (tertiary/aromatic N) is 5. The molecule has 0 radical (unpaired) electrons. The largest absolute Gasteiger partial charge is 0.335 e. The lowest BCUT2D eigenvalue weighted by Crippen LogP contribution is -2.20. The van der Waals surface area contributed by atoms with Crippen LogP contribution in [-0.2, 0) is 14.6 Å². The molecule has 0 spiro atoms. The number of carbonyl (C=O) groups excluding carboxylic acids is 1. The van der Waals surface area contributed by atoms with Crippen LogP contribution in [0, 0.1) is 11.7 Å². The zero-order valence-corrected chi connectivity index (χ0v) is 26.3. The molecule has 1 aliphatic rings. The van der Waals surface area contributed by atoms with Gasteiger partial charge in [0.05, 0.1) is 46.5 Å². The lowest BCUT2D eigenvalue weighted by Gasteiger charge is -2.20. The van der Waals surface area contributed by atoms with Gasteiger partial charge in [-0.3, -0.25) is 24.8 Å². The van der Waals surface area contributed by atoms with Gasteiger partial charge < -0.3 is 16.0 Å². The highest BCUT2D eigenvalue weighted by Gasteiger charge is 2.22. The summed E-state index contributed by atoms with van der Waals surface area (Å²) in [4.78, 5) is 34.0. The molecule has 0 bridgehead atoms. The van der Waals surface area contributed by atoms with E-state index in [1.54, 1.807) is 24.8 Å². The molecule has 5 heterocycles. The number of carbonyl (C=O) groups is 1. The molecule has 5 N–H and O–H groups in total. The Balaban J connectivity index is 1.20. The molecule has 1 saturated carbocycles. The van der Waals surface area contributed by atoms with Crippen LogP contribution in [0.15, 0.2) is 61.3 Å². The summed E-state index contributed by atoms with van der Waals surface area (Å²) in [5.41, 5.74) is 11.1. The number of amides is 1. The monoisotopic (exact) mass is 653 g/mol. The minimum Gasteiger partial charge on any atom is -0.335 e. The number of H-pyrrole nitrogens is 2. The molecule has 5 aromatic heterocycles. The summed E-state index contributed by atoms with van der Waals surface area (Å²) in [6.45, 7) is 0. The van der Waals surface area contributed by atoms with Crippen molar-refractivity contribution >= 4 is 43.4 Å². The van der Waals surface area contributed by atoms with Crippen LogP contribution < -0.4 is 11.1 Å². The van der Waals surface area contributed by atoms with E-state index >= 15 is 0 Å². The third-order valence-electron chi connectivity index (χ3n) is 8.60. The number of benzene rings is 1. The third kappa shape index (κ3) is 6.33. The maximum atomic E-state index is 14.7. The predicted octanol–water partition coefficient (Wildman–Crippen LogP) is 5.68. The molecule has 1 atom stereocenters. The fourth-order valence-electron chi connectivity index (χ4n) is 6.20. The number of aromatic nitrogens is 7. The van der Waals surface area contributed by atoms with Crippen molar-refractivity contribution in [2.24, 2.45) is 11.7 Å². The second-order valence-electron chi connectivity index (χ2n) is 12.1. The van der Waals surface area contributed by atoms with E-state index < -0.39 is 21.0 Å². The summed E-state index contributed by atoms with van der Waals surface area (Å²) >= 11 is 0. The normalized spacial score (nSPS) is 14.9. The predicted molar refractivity (Wildman–Crippen MR) is 177 cm³/mol. The van der Waals surface area contributed by atoms with Crippen LogP contribution in [0.5, 0.6) is 0 Å². The maximum Gasteiger partial charge on any atom is 0.224 e. The number of sulfone groups is 1. The molecule has 14 heteroatoms. The second-order valence-corrected chi connectivity index (χ2v) is 14.3. The van der Waals surface area contributed by atoms with Gasteiger partial charge in [0.1, 0.15) is 16.9 Å². The highest BCUT2D eigenvalue weighted by molar-refractivity contribution is 7.90. The SMILES string of the molecule is CS(=O)(=O)C(N)c1cc(F)cc(-c2cncc3[nH]c(-c4n[nH]c5cnc(-c6cncc(NC(=O)CC7CCCCC7)c6)cc45)nc23)c1. The van der Waals surface area contributed by atoms with Gasteiger partial charge in [-0.2, -0.15) is 5.10 Å². The molecule has 47 heavy (non-hydrogen) atoms. The Kier molecular flexibility index (Phi) is 7.98. The highest BCUT2D eigenvalue weighted by Crippen LogP contribution is 2.34. The first-order chi connectivity index (χ1) is 22.6. The first-order valence-corrected chi connectivity index (χ1v) is 17.3. The number of anilines is 1. The molecule has 1 amide bonds. The number of nitrogens with one attached hydrogen (secondary N) is 3. The highest BCUT2D eigenvalue weighted by atomic mass is 32.2. The number of hydrogen-bond donors (Lipinski definition) is 4. The molecule has 1 unspecified atom stereocenters. The van der Waals surface area contributed by atoms with Crippen molar-refractivity contribution in [2.45, 2.75) is 43.9 Å². The fraction of sp³-hybridized carbons (Fsp3) is 0.273. The van der Waals surface area contributed by atoms with E-state index in [2.05, 4.69) is 35.5 Å². The van der Waals surface area contributed by atoms with Crippen molar-refractivity contribution in [3.05, 3.63) is 72.7 Å². The lowest BCUT2D eigenvalue weighted by molar-refractivity contribution is -0.117. The van der Waals surface area contributed by atoms with Crippen LogP contribution in [0.4, 0.5) is 10.1 Å². The van der Waals surface area contributed by atoms with E-state index in [-0.39, 0.29) is 11.5 Å². The molecule has 0 saturated heterocycles. The first-order valence-electron chi connectivity index (χ1n) is 15.3. The number of rotatable bonds is 8. The zero-order valence-electron chi connectivity index (χ0n) is 25.5. The fourth-order valence-corrected chi connectivity index (χ4v) is 6.84. The number of fused-ring (bicyclic) bond motifs is 2. The molecule has 12 nitrogen and oxygen atoms in total. The molecule has 1 aliphatic carbocycles. The zero-order chi connectivity index (χ0) is 32.7. The Hall–Kier alpha value is -5.08. The second kappa shape index (κ2) is 12.3. The number of imidazole rings is 1. The topological polar surface area (TPSA) is 185 Å². The molecule has 6 aromatic rings. The van der Waals surface area contributed by atoms with E-state index in [0.29, 0.717) is 62.9 Å². The van der Waals surface area contributed by atoms with E-state index in [9.17, 15) is 17.6 Å². The average Bonchev–Trinajstić information content (AvgIpc) is 3.68. The number of aromatic amines is 2. The molecule has 0 aliphatic heterocycles. The van der Waals surface area contributed by atoms with Crippen LogP contribution in [0.1, 0.15) is 49.5 Å². The maximum absolute atomic E-state index is 14.7. The molecule has 1 fully saturated rings. The van der Waals surface area contributed by atoms with E-state index in [0.717, 1.165) is 36.1 Å². The van der Waals surface area contributed by atoms with Gasteiger partial charge in [0, 0.05) is 41.6 Å². The van der Waals surface area contributed by atoms with Gasteiger partial charge in [-0.25, -0.2) is 17.8 Å². The minimum absolute atomic E-state index is 0.0113. The summed E-state index contributed by atoms with van der Waals surface area (Å²) < 4.78 is 38.8. The summed E-state index contributed by atoms with van der Waals surface area (Å²) in [6, 6.07) is 7.64. The van der Waals surface area contributed by atoms with Gasteiger partial charge in [-0.15, -0.1) is 0 Å². The van der Waals surface area contributed by atoms with Crippen LogP contribution in [0.25, 0.3) is 55.8 Å². The third-order valence-corrected chi connectivity index (χ3v) is 9.80. The standard InChI is InChI=1S/C33H32FN9O3S/c1-47(45,46)32(35)20-8-19(9-22(34)10-20)25-15-37-16-28-30(25)41-33(40-28)31-24-12-26(38-17-27(24)42-43-31)21-11-23(14-36-13-21)39-29(44)7-18-5-3-2-4-6-18/h8-18,32H,2-7,35H2,1H3,(H,39,44)(H,40,41)(H,42,43). The van der Waals surface area contributed by atoms with E-state index in [4.69, 9.17) is 10.7 Å². The van der Waals surface area contributed by atoms with Crippen molar-refractivity contribution in [3.63, 3.8) is 0 Å². The quantitative estimate of drug-likeness (QED) is 0.160. The smallest absolute Gasteiger partial charge is 0.224 e. The Bertz CT molecular complexity index is 2240. The Morgan fingerprint density at radius 2 is 1.81 bits per heavy atom. The van der Waals surface area contributed by atoms with Crippen LogP contribution in [0.2, 0.25) is 0 Å². The Labute approximate surface area is 269 Å². The number of hydrogen-bond acceptors (Lipinski definition) is 9. The lowest BCUT2D eigenvalue weighted by atomic mass is 9.87. The number of nitrogens with two attached hydrogens (primary N) is 1. The molecular formula is C33H32FN9O3S. The van der Waals surface area contributed by atoms with Gasteiger partial charge in [-0.05, 0) is 60.2 Å².